The van der Waals surface area contributed by atoms with Crippen molar-refractivity contribution in [3.8, 4) is 5.88 Å². The average Bonchev–Trinajstić information content (AvgIpc) is 3.14. The van der Waals surface area contributed by atoms with Gasteiger partial charge in [0.15, 0.2) is 0 Å². The largest absolute Gasteiger partial charge is 0.477 e. The van der Waals surface area contributed by atoms with E-state index in [1.54, 1.807) is 18.6 Å². The fourth-order valence-electron chi connectivity index (χ4n) is 2.95. The molecule has 2 N–H and O–H groups in total. The Bertz CT molecular complexity index is 592. The van der Waals surface area contributed by atoms with Crippen molar-refractivity contribution in [3.05, 3.63) is 42.4 Å². The highest BCUT2D eigenvalue weighted by Crippen LogP contribution is 2.28. The SMILES string of the molecule is O=C(NC[C@H]1CC[C@@H](COc2ccccn2)CC1)c1cn[nH]c1. The van der Waals surface area contributed by atoms with Crippen LogP contribution in [0.15, 0.2) is 36.8 Å². The number of carbonyl (C=O) groups is 1. The van der Waals surface area contributed by atoms with Crippen molar-refractivity contribution in [1.82, 2.24) is 20.5 Å². The number of hydrogen-bond donors (Lipinski definition) is 2. The van der Waals surface area contributed by atoms with Crippen molar-refractivity contribution < 1.29 is 9.53 Å². The summed E-state index contributed by atoms with van der Waals surface area (Å²) in [6.07, 6.45) is 9.43. The van der Waals surface area contributed by atoms with Gasteiger partial charge in [0.1, 0.15) is 0 Å². The van der Waals surface area contributed by atoms with E-state index in [0.29, 0.717) is 23.3 Å². The van der Waals surface area contributed by atoms with E-state index in [4.69, 9.17) is 4.74 Å². The maximum Gasteiger partial charge on any atom is 0.254 e. The number of nitrogens with zero attached hydrogens (tertiary/aromatic N) is 2. The first kappa shape index (κ1) is 15.5. The van der Waals surface area contributed by atoms with E-state index in [9.17, 15) is 4.79 Å². The minimum absolute atomic E-state index is 0.0561. The summed E-state index contributed by atoms with van der Waals surface area (Å²) in [6.45, 7) is 1.46. The molecule has 0 aliphatic heterocycles. The third kappa shape index (κ3) is 4.55. The van der Waals surface area contributed by atoms with E-state index < -0.39 is 0 Å². The van der Waals surface area contributed by atoms with Crippen LogP contribution in [0.5, 0.6) is 5.88 Å². The van der Waals surface area contributed by atoms with Crippen LogP contribution in [0.2, 0.25) is 0 Å². The zero-order valence-corrected chi connectivity index (χ0v) is 13.1. The van der Waals surface area contributed by atoms with Gasteiger partial charge in [-0.05, 0) is 43.6 Å². The molecule has 3 rings (SSSR count). The Hall–Kier alpha value is -2.37. The van der Waals surface area contributed by atoms with Crippen molar-refractivity contribution in [3.63, 3.8) is 0 Å². The van der Waals surface area contributed by atoms with E-state index in [1.807, 2.05) is 18.2 Å². The molecule has 2 aromatic rings. The van der Waals surface area contributed by atoms with Crippen LogP contribution in [-0.4, -0.2) is 34.2 Å². The van der Waals surface area contributed by atoms with Crippen molar-refractivity contribution in [2.45, 2.75) is 25.7 Å². The molecule has 0 spiro atoms. The number of ether oxygens (including phenoxy) is 1. The molecule has 1 amide bonds. The van der Waals surface area contributed by atoms with Gasteiger partial charge >= 0.3 is 0 Å². The van der Waals surface area contributed by atoms with Crippen molar-refractivity contribution in [1.29, 1.82) is 0 Å². The summed E-state index contributed by atoms with van der Waals surface area (Å²) in [4.78, 5) is 16.0. The van der Waals surface area contributed by atoms with Gasteiger partial charge in [-0.1, -0.05) is 6.07 Å². The summed E-state index contributed by atoms with van der Waals surface area (Å²) in [6, 6.07) is 5.70. The summed E-state index contributed by atoms with van der Waals surface area (Å²) in [5, 5.41) is 9.43. The van der Waals surface area contributed by atoms with Gasteiger partial charge in [0.25, 0.3) is 5.91 Å². The van der Waals surface area contributed by atoms with Gasteiger partial charge in [-0.15, -0.1) is 0 Å². The van der Waals surface area contributed by atoms with Crippen LogP contribution < -0.4 is 10.1 Å². The Morgan fingerprint density at radius 1 is 1.26 bits per heavy atom. The molecule has 1 aliphatic carbocycles. The van der Waals surface area contributed by atoms with E-state index in [-0.39, 0.29) is 5.91 Å². The molecule has 0 aromatic carbocycles. The molecule has 0 atom stereocenters. The van der Waals surface area contributed by atoms with E-state index in [1.165, 1.54) is 0 Å². The number of aromatic nitrogens is 3. The third-order valence-electron chi connectivity index (χ3n) is 4.38. The Balaban J connectivity index is 1.34. The highest BCUT2D eigenvalue weighted by molar-refractivity contribution is 5.93. The number of rotatable bonds is 6. The summed E-state index contributed by atoms with van der Waals surface area (Å²) in [7, 11) is 0. The van der Waals surface area contributed by atoms with Crippen LogP contribution >= 0.6 is 0 Å². The molecule has 2 aromatic heterocycles. The molecule has 6 heteroatoms. The van der Waals surface area contributed by atoms with Crippen LogP contribution in [0, 0.1) is 11.8 Å². The molecular formula is C17H22N4O2. The first-order valence-electron chi connectivity index (χ1n) is 8.12. The van der Waals surface area contributed by atoms with Gasteiger partial charge in [0, 0.05) is 25.0 Å². The quantitative estimate of drug-likeness (QED) is 0.858. The molecule has 23 heavy (non-hydrogen) atoms. The predicted molar refractivity (Wildman–Crippen MR) is 86.1 cm³/mol. The van der Waals surface area contributed by atoms with Gasteiger partial charge in [-0.2, -0.15) is 5.10 Å². The van der Waals surface area contributed by atoms with Crippen LogP contribution in [0.4, 0.5) is 0 Å². The number of nitrogens with one attached hydrogen (secondary N) is 2. The van der Waals surface area contributed by atoms with Crippen LogP contribution in [0.25, 0.3) is 0 Å². The van der Waals surface area contributed by atoms with Crippen molar-refractivity contribution in [2.24, 2.45) is 11.8 Å². The third-order valence-corrected chi connectivity index (χ3v) is 4.38. The molecule has 0 unspecified atom stereocenters. The second-order valence-corrected chi connectivity index (χ2v) is 6.06. The molecule has 0 radical (unpaired) electrons. The fourth-order valence-corrected chi connectivity index (χ4v) is 2.95. The number of H-pyrrole nitrogens is 1. The number of hydrogen-bond acceptors (Lipinski definition) is 4. The second-order valence-electron chi connectivity index (χ2n) is 6.06. The Labute approximate surface area is 135 Å². The fraction of sp³-hybridized carbons (Fsp3) is 0.471. The number of aromatic amines is 1. The van der Waals surface area contributed by atoms with Crippen molar-refractivity contribution >= 4 is 5.91 Å². The lowest BCUT2D eigenvalue weighted by molar-refractivity contribution is 0.0938. The van der Waals surface area contributed by atoms with E-state index >= 15 is 0 Å². The summed E-state index contributed by atoms with van der Waals surface area (Å²) < 4.78 is 5.74. The average molecular weight is 314 g/mol. The smallest absolute Gasteiger partial charge is 0.254 e. The summed E-state index contributed by atoms with van der Waals surface area (Å²) in [5.41, 5.74) is 0.586. The zero-order chi connectivity index (χ0) is 15.9. The van der Waals surface area contributed by atoms with Crippen LogP contribution in [0.1, 0.15) is 36.0 Å². The van der Waals surface area contributed by atoms with Gasteiger partial charge in [-0.3, -0.25) is 9.89 Å². The minimum Gasteiger partial charge on any atom is -0.477 e. The van der Waals surface area contributed by atoms with E-state index in [2.05, 4.69) is 20.5 Å². The van der Waals surface area contributed by atoms with E-state index in [0.717, 1.165) is 38.8 Å². The molecule has 6 nitrogen and oxygen atoms in total. The Morgan fingerprint density at radius 3 is 2.78 bits per heavy atom. The predicted octanol–water partition coefficient (Wildman–Crippen LogP) is 2.42. The van der Waals surface area contributed by atoms with Gasteiger partial charge < -0.3 is 10.1 Å². The molecule has 1 fully saturated rings. The summed E-state index contributed by atoms with van der Waals surface area (Å²) >= 11 is 0. The Kier molecular flexibility index (Phi) is 5.24. The van der Waals surface area contributed by atoms with Crippen LogP contribution in [-0.2, 0) is 0 Å². The highest BCUT2D eigenvalue weighted by atomic mass is 16.5. The first-order valence-corrected chi connectivity index (χ1v) is 8.12. The molecular weight excluding hydrogens is 292 g/mol. The van der Waals surface area contributed by atoms with Gasteiger partial charge in [0.2, 0.25) is 5.88 Å². The maximum atomic E-state index is 11.9. The highest BCUT2D eigenvalue weighted by Gasteiger charge is 2.22. The number of amides is 1. The zero-order valence-electron chi connectivity index (χ0n) is 13.1. The lowest BCUT2D eigenvalue weighted by Gasteiger charge is -2.28. The molecule has 0 bridgehead atoms. The lowest BCUT2D eigenvalue weighted by atomic mass is 9.82. The van der Waals surface area contributed by atoms with Crippen LogP contribution in [0.3, 0.4) is 0 Å². The number of pyridine rings is 1. The van der Waals surface area contributed by atoms with Crippen molar-refractivity contribution in [2.75, 3.05) is 13.2 Å². The second kappa shape index (κ2) is 7.76. The van der Waals surface area contributed by atoms with Gasteiger partial charge in [0.05, 0.1) is 18.4 Å². The Morgan fingerprint density at radius 2 is 2.09 bits per heavy atom. The lowest BCUT2D eigenvalue weighted by Crippen LogP contribution is -2.32. The molecule has 1 aliphatic rings. The topological polar surface area (TPSA) is 79.9 Å². The normalized spacial score (nSPS) is 20.9. The molecule has 2 heterocycles. The standard InChI is InChI=1S/C17H22N4O2/c22-17(15-10-20-21-11-15)19-9-13-4-6-14(7-5-13)12-23-16-3-1-2-8-18-16/h1-3,8,10-11,13-14H,4-7,9,12H2,(H,19,22)(H,20,21)/t13-,14+. The minimum atomic E-state index is -0.0561. The molecule has 1 saturated carbocycles. The summed E-state index contributed by atoms with van der Waals surface area (Å²) in [5.74, 6) is 1.77. The monoisotopic (exact) mass is 314 g/mol. The molecule has 122 valence electrons. The molecule has 0 saturated heterocycles. The maximum absolute atomic E-state index is 11.9. The first-order chi connectivity index (χ1) is 11.3. The van der Waals surface area contributed by atoms with Gasteiger partial charge in [-0.25, -0.2) is 4.98 Å². The number of carbonyl (C=O) groups excluding carboxylic acids is 1.